The smallest absolute Gasteiger partial charge is 0.306 e. The Morgan fingerprint density at radius 2 is 0.529 bits per heavy atom. The predicted octanol–water partition coefficient (Wildman–Crippen LogP) is 19.6. The molecule has 0 saturated carbocycles. The average Bonchev–Trinajstić information content (AvgIpc) is 3.34. The molecule has 0 spiro atoms. The molecule has 0 rings (SSSR count). The van der Waals surface area contributed by atoms with E-state index in [1.807, 2.05) is 0 Å². The van der Waals surface area contributed by atoms with Gasteiger partial charge in [-0.1, -0.05) is 248 Å². The van der Waals surface area contributed by atoms with Gasteiger partial charge >= 0.3 is 17.9 Å². The number of unbranched alkanes of at least 4 members (excludes halogenated alkanes) is 32. The van der Waals surface area contributed by atoms with Crippen molar-refractivity contribution in [2.45, 2.75) is 303 Å². The summed E-state index contributed by atoms with van der Waals surface area (Å²) in [5.74, 6) is -0.889. The van der Waals surface area contributed by atoms with Crippen molar-refractivity contribution in [3.05, 3.63) is 60.8 Å². The highest BCUT2D eigenvalue weighted by Gasteiger charge is 2.19. The zero-order valence-electron chi connectivity index (χ0n) is 45.1. The first-order chi connectivity index (χ1) is 33.5. The molecule has 0 aliphatic rings. The molecule has 0 bridgehead atoms. The van der Waals surface area contributed by atoms with Crippen LogP contribution in [0.4, 0.5) is 0 Å². The molecule has 0 N–H and O–H groups in total. The van der Waals surface area contributed by atoms with Crippen molar-refractivity contribution in [3.8, 4) is 0 Å². The van der Waals surface area contributed by atoms with Gasteiger partial charge in [0.25, 0.3) is 0 Å². The Labute approximate surface area is 421 Å². The lowest BCUT2D eigenvalue weighted by molar-refractivity contribution is -0.167. The first-order valence-electron chi connectivity index (χ1n) is 29.3. The van der Waals surface area contributed by atoms with E-state index < -0.39 is 6.10 Å². The Morgan fingerprint density at radius 1 is 0.294 bits per heavy atom. The average molecular weight is 952 g/mol. The number of allylic oxidation sites excluding steroid dienone is 10. The Hall–Kier alpha value is -2.89. The summed E-state index contributed by atoms with van der Waals surface area (Å²) in [4.78, 5) is 38.1. The zero-order valence-corrected chi connectivity index (χ0v) is 45.1. The molecule has 0 aromatic carbocycles. The van der Waals surface area contributed by atoms with Gasteiger partial charge in [-0.25, -0.2) is 0 Å². The van der Waals surface area contributed by atoms with Crippen LogP contribution in [-0.2, 0) is 28.6 Å². The highest BCUT2D eigenvalue weighted by molar-refractivity contribution is 5.71. The summed E-state index contributed by atoms with van der Waals surface area (Å²) in [5, 5.41) is 0. The standard InChI is InChI=1S/C62H110O6/c1-4-7-10-13-16-19-22-24-26-27-28-29-30-31-32-33-34-35-37-38-40-43-46-49-52-55-61(64)67-58-59(57-66-60(63)54-51-48-45-42-21-18-15-12-9-6-3)68-62(65)56-53-50-47-44-41-39-36-25-23-20-17-14-11-8-5-2/h17,20,22,24-25,27-28,30-31,36,59H,4-16,18-19,21,23,26,29,32-35,37-58H2,1-3H3/b20-17-,24-22-,28-27-,31-30-,36-25-. The minimum atomic E-state index is -0.780. The van der Waals surface area contributed by atoms with Crippen molar-refractivity contribution < 1.29 is 28.6 Å². The van der Waals surface area contributed by atoms with Crippen LogP contribution in [0.2, 0.25) is 0 Å². The first-order valence-corrected chi connectivity index (χ1v) is 29.3. The Kier molecular flexibility index (Phi) is 54.3. The first kappa shape index (κ1) is 65.1. The summed E-state index contributed by atoms with van der Waals surface area (Å²) in [5.41, 5.74) is 0. The quantitative estimate of drug-likeness (QED) is 0.0262. The number of hydrogen-bond acceptors (Lipinski definition) is 6. The van der Waals surface area contributed by atoms with E-state index in [0.717, 1.165) is 96.3 Å². The van der Waals surface area contributed by atoms with Gasteiger partial charge in [0, 0.05) is 19.3 Å². The molecular weight excluding hydrogens is 841 g/mol. The third-order valence-corrected chi connectivity index (χ3v) is 12.7. The number of esters is 3. The van der Waals surface area contributed by atoms with Crippen molar-refractivity contribution in [1.82, 2.24) is 0 Å². The Morgan fingerprint density at radius 3 is 0.853 bits per heavy atom. The molecule has 0 aliphatic carbocycles. The van der Waals surface area contributed by atoms with Gasteiger partial charge in [-0.05, 0) is 89.9 Å². The van der Waals surface area contributed by atoms with Gasteiger partial charge in [0.15, 0.2) is 6.10 Å². The fraction of sp³-hybridized carbons (Fsp3) is 0.790. The molecule has 0 aliphatic heterocycles. The Bertz CT molecular complexity index is 1230. The lowest BCUT2D eigenvalue weighted by Gasteiger charge is -2.18. The summed E-state index contributed by atoms with van der Waals surface area (Å²) in [6.45, 7) is 6.60. The molecule has 1 atom stereocenters. The van der Waals surface area contributed by atoms with Crippen LogP contribution in [0, 0.1) is 0 Å². The molecule has 1 unspecified atom stereocenters. The minimum Gasteiger partial charge on any atom is -0.462 e. The molecular formula is C62H110O6. The Balaban J connectivity index is 4.25. The second-order valence-corrected chi connectivity index (χ2v) is 19.6. The number of carbonyl (C=O) groups excluding carboxylic acids is 3. The molecule has 0 saturated heterocycles. The van der Waals surface area contributed by atoms with Crippen LogP contribution in [0.25, 0.3) is 0 Å². The van der Waals surface area contributed by atoms with Crippen molar-refractivity contribution in [2.24, 2.45) is 0 Å². The third-order valence-electron chi connectivity index (χ3n) is 12.7. The zero-order chi connectivity index (χ0) is 49.3. The van der Waals surface area contributed by atoms with Crippen LogP contribution in [0.3, 0.4) is 0 Å². The predicted molar refractivity (Wildman–Crippen MR) is 293 cm³/mol. The van der Waals surface area contributed by atoms with E-state index in [4.69, 9.17) is 14.2 Å². The van der Waals surface area contributed by atoms with Crippen molar-refractivity contribution >= 4 is 17.9 Å². The maximum Gasteiger partial charge on any atom is 0.306 e. The summed E-state index contributed by atoms with van der Waals surface area (Å²) in [6.07, 6.45) is 70.7. The lowest BCUT2D eigenvalue weighted by atomic mass is 10.1. The summed E-state index contributed by atoms with van der Waals surface area (Å²) in [7, 11) is 0. The maximum absolute atomic E-state index is 12.8. The van der Waals surface area contributed by atoms with Crippen LogP contribution >= 0.6 is 0 Å². The van der Waals surface area contributed by atoms with Crippen LogP contribution in [0.1, 0.15) is 297 Å². The van der Waals surface area contributed by atoms with Gasteiger partial charge in [0.2, 0.25) is 0 Å². The molecule has 6 nitrogen and oxygen atoms in total. The molecule has 68 heavy (non-hydrogen) atoms. The SMILES string of the molecule is CCCCC/C=C\C/C=C\CCCCCCCC(=O)OC(COC(=O)CCCCCCCCCCCC)COC(=O)CCCCCCCCCCCC/C=C\C/C=C\C/C=C\CCCCCCC. The molecule has 0 amide bonds. The van der Waals surface area contributed by atoms with Crippen LogP contribution in [-0.4, -0.2) is 37.2 Å². The third kappa shape index (κ3) is 54.1. The van der Waals surface area contributed by atoms with Crippen LogP contribution < -0.4 is 0 Å². The molecule has 394 valence electrons. The highest BCUT2D eigenvalue weighted by atomic mass is 16.6. The van der Waals surface area contributed by atoms with Crippen molar-refractivity contribution in [1.29, 1.82) is 0 Å². The number of hydrogen-bond donors (Lipinski definition) is 0. The van der Waals surface area contributed by atoms with E-state index >= 15 is 0 Å². The van der Waals surface area contributed by atoms with E-state index in [9.17, 15) is 14.4 Å². The topological polar surface area (TPSA) is 78.9 Å². The molecule has 0 radical (unpaired) electrons. The van der Waals surface area contributed by atoms with Gasteiger partial charge < -0.3 is 14.2 Å². The molecule has 0 fully saturated rings. The number of ether oxygens (including phenoxy) is 3. The molecule has 0 heterocycles. The summed E-state index contributed by atoms with van der Waals surface area (Å²) in [6, 6.07) is 0. The second kappa shape index (κ2) is 56.7. The van der Waals surface area contributed by atoms with Gasteiger partial charge in [0.1, 0.15) is 13.2 Å². The van der Waals surface area contributed by atoms with Crippen molar-refractivity contribution in [3.63, 3.8) is 0 Å². The minimum absolute atomic E-state index is 0.0789. The number of carbonyl (C=O) groups is 3. The summed E-state index contributed by atoms with van der Waals surface area (Å²) < 4.78 is 16.8. The summed E-state index contributed by atoms with van der Waals surface area (Å²) >= 11 is 0. The van der Waals surface area contributed by atoms with Gasteiger partial charge in [0.05, 0.1) is 0 Å². The lowest BCUT2D eigenvalue weighted by Crippen LogP contribution is -2.30. The van der Waals surface area contributed by atoms with Gasteiger partial charge in [-0.2, -0.15) is 0 Å². The van der Waals surface area contributed by atoms with E-state index in [1.54, 1.807) is 0 Å². The second-order valence-electron chi connectivity index (χ2n) is 19.6. The van der Waals surface area contributed by atoms with Crippen LogP contribution in [0.5, 0.6) is 0 Å². The largest absolute Gasteiger partial charge is 0.462 e. The van der Waals surface area contributed by atoms with E-state index in [-0.39, 0.29) is 31.1 Å². The fourth-order valence-corrected chi connectivity index (χ4v) is 8.30. The molecule has 0 aromatic heterocycles. The van der Waals surface area contributed by atoms with E-state index in [0.29, 0.717) is 19.3 Å². The van der Waals surface area contributed by atoms with Crippen molar-refractivity contribution in [2.75, 3.05) is 13.2 Å². The van der Waals surface area contributed by atoms with E-state index in [1.165, 1.54) is 161 Å². The number of rotatable bonds is 53. The fourth-order valence-electron chi connectivity index (χ4n) is 8.30. The van der Waals surface area contributed by atoms with Gasteiger partial charge in [-0.3, -0.25) is 14.4 Å². The normalized spacial score (nSPS) is 12.5. The van der Waals surface area contributed by atoms with E-state index in [2.05, 4.69) is 81.5 Å². The monoisotopic (exact) mass is 951 g/mol. The molecule has 6 heteroatoms. The van der Waals surface area contributed by atoms with Gasteiger partial charge in [-0.15, -0.1) is 0 Å². The van der Waals surface area contributed by atoms with Crippen LogP contribution in [0.15, 0.2) is 60.8 Å². The highest BCUT2D eigenvalue weighted by Crippen LogP contribution is 2.15. The maximum atomic E-state index is 12.8. The molecule has 0 aromatic rings.